The van der Waals surface area contributed by atoms with E-state index in [1.807, 2.05) is 19.9 Å². The number of hydrogen-bond donors (Lipinski definition) is 1. The van der Waals surface area contributed by atoms with Crippen molar-refractivity contribution >= 4 is 52.0 Å². The first-order chi connectivity index (χ1) is 15.3. The first-order valence-electron chi connectivity index (χ1n) is 9.87. The molecule has 1 N–H and O–H groups in total. The Morgan fingerprint density at radius 3 is 2.31 bits per heavy atom. The molecule has 4 rings (SSSR count). The molecule has 0 radical (unpaired) electrons. The van der Waals surface area contributed by atoms with E-state index in [2.05, 4.69) is 5.32 Å². The van der Waals surface area contributed by atoms with Gasteiger partial charge in [-0.1, -0.05) is 47.5 Å². The van der Waals surface area contributed by atoms with Crippen LogP contribution in [0.5, 0.6) is 5.75 Å². The Balaban J connectivity index is 1.87. The maximum atomic E-state index is 13.6. The van der Waals surface area contributed by atoms with Crippen LogP contribution in [0.15, 0.2) is 66.4 Å². The lowest BCUT2D eigenvalue weighted by molar-refractivity contribution is -0.120. The highest BCUT2D eigenvalue weighted by atomic mass is 35.5. The van der Waals surface area contributed by atoms with Crippen molar-refractivity contribution in [3.63, 3.8) is 0 Å². The third-order valence-electron chi connectivity index (χ3n) is 5.40. The molecule has 0 atom stereocenters. The van der Waals surface area contributed by atoms with Crippen LogP contribution in [0.4, 0.5) is 11.4 Å². The topological polar surface area (TPSA) is 58.6 Å². The molecule has 3 aromatic rings. The van der Waals surface area contributed by atoms with E-state index in [0.717, 1.165) is 16.0 Å². The quantitative estimate of drug-likeness (QED) is 0.467. The van der Waals surface area contributed by atoms with Crippen molar-refractivity contribution in [3.05, 3.63) is 93.1 Å². The molecule has 0 fully saturated rings. The van der Waals surface area contributed by atoms with Crippen LogP contribution in [0.1, 0.15) is 16.7 Å². The number of rotatable bonds is 5. The monoisotopic (exact) mass is 466 g/mol. The fraction of sp³-hybridized carbons (Fsp3) is 0.120. The summed E-state index contributed by atoms with van der Waals surface area (Å²) in [5.41, 5.74) is 3.64. The number of methoxy groups -OCH3 is 1. The Bertz CT molecular complexity index is 1270. The number of nitrogens with zero attached hydrogens (tertiary/aromatic N) is 1. The van der Waals surface area contributed by atoms with E-state index in [1.165, 1.54) is 0 Å². The highest BCUT2D eigenvalue weighted by Crippen LogP contribution is 2.37. The number of carbonyl (C=O) groups excluding carboxylic acids is 2. The number of amides is 2. The van der Waals surface area contributed by atoms with Gasteiger partial charge in [0.2, 0.25) is 0 Å². The summed E-state index contributed by atoms with van der Waals surface area (Å²) in [5, 5.41) is 4.15. The zero-order chi connectivity index (χ0) is 23.0. The highest BCUT2D eigenvalue weighted by molar-refractivity contribution is 6.46. The Morgan fingerprint density at radius 1 is 0.906 bits per heavy atom. The van der Waals surface area contributed by atoms with Gasteiger partial charge < -0.3 is 10.1 Å². The second-order valence-corrected chi connectivity index (χ2v) is 8.24. The highest BCUT2D eigenvalue weighted by Gasteiger charge is 2.41. The lowest BCUT2D eigenvalue weighted by Gasteiger charge is -2.18. The van der Waals surface area contributed by atoms with Crippen LogP contribution in [0, 0.1) is 13.8 Å². The molecule has 0 saturated heterocycles. The number of benzene rings is 3. The maximum Gasteiger partial charge on any atom is 0.282 e. The second kappa shape index (κ2) is 8.69. The molecule has 3 aromatic carbocycles. The van der Waals surface area contributed by atoms with Crippen molar-refractivity contribution in [2.45, 2.75) is 13.8 Å². The zero-order valence-electron chi connectivity index (χ0n) is 17.7. The molecular weight excluding hydrogens is 447 g/mol. The molecule has 0 bridgehead atoms. The molecule has 0 aliphatic carbocycles. The standard InChI is InChI=1S/C25H20Cl2N2O3/c1-14-7-10-17(26)13-21(14)29-24(30)22(16-8-11-18(32-3)12-9-16)23(25(29)31)28-20-6-4-5-19(27)15(20)2/h4-13,28H,1-3H3. The van der Waals surface area contributed by atoms with Crippen molar-refractivity contribution in [2.75, 3.05) is 17.3 Å². The largest absolute Gasteiger partial charge is 0.497 e. The van der Waals surface area contributed by atoms with Gasteiger partial charge in [0.05, 0.1) is 18.4 Å². The van der Waals surface area contributed by atoms with Gasteiger partial charge in [-0.25, -0.2) is 4.90 Å². The summed E-state index contributed by atoms with van der Waals surface area (Å²) in [6, 6.07) is 17.5. The Hall–Kier alpha value is -3.28. The minimum Gasteiger partial charge on any atom is -0.497 e. The van der Waals surface area contributed by atoms with Crippen molar-refractivity contribution in [3.8, 4) is 5.75 Å². The molecule has 0 unspecified atom stereocenters. The molecule has 162 valence electrons. The molecule has 1 aliphatic rings. The number of nitrogens with one attached hydrogen (secondary N) is 1. The van der Waals surface area contributed by atoms with Gasteiger partial charge in [-0.2, -0.15) is 0 Å². The van der Waals surface area contributed by atoms with E-state index in [0.29, 0.717) is 32.7 Å². The number of imide groups is 1. The van der Waals surface area contributed by atoms with Gasteiger partial charge in [0, 0.05) is 15.7 Å². The average molecular weight is 467 g/mol. The fourth-order valence-electron chi connectivity index (χ4n) is 3.59. The van der Waals surface area contributed by atoms with E-state index >= 15 is 0 Å². The molecule has 5 nitrogen and oxygen atoms in total. The molecule has 1 aliphatic heterocycles. The summed E-state index contributed by atoms with van der Waals surface area (Å²) in [7, 11) is 1.57. The summed E-state index contributed by atoms with van der Waals surface area (Å²) >= 11 is 12.4. The Kier molecular flexibility index (Phi) is 5.96. The number of hydrogen-bond acceptors (Lipinski definition) is 4. The molecule has 0 saturated carbocycles. The minimum absolute atomic E-state index is 0.171. The van der Waals surface area contributed by atoms with Gasteiger partial charge in [-0.05, 0) is 66.9 Å². The first kappa shape index (κ1) is 21.9. The third-order valence-corrected chi connectivity index (χ3v) is 6.05. The minimum atomic E-state index is -0.467. The third kappa shape index (κ3) is 3.85. The molecule has 0 aromatic heterocycles. The van der Waals surface area contributed by atoms with Gasteiger partial charge in [-0.15, -0.1) is 0 Å². The van der Waals surface area contributed by atoms with Gasteiger partial charge in [0.15, 0.2) is 0 Å². The Labute approximate surface area is 196 Å². The number of aryl methyl sites for hydroxylation is 1. The summed E-state index contributed by atoms with van der Waals surface area (Å²) in [6.45, 7) is 3.67. The summed E-state index contributed by atoms with van der Waals surface area (Å²) in [4.78, 5) is 28.3. The molecule has 32 heavy (non-hydrogen) atoms. The van der Waals surface area contributed by atoms with Gasteiger partial charge in [-0.3, -0.25) is 9.59 Å². The van der Waals surface area contributed by atoms with E-state index in [1.54, 1.807) is 61.7 Å². The van der Waals surface area contributed by atoms with Crippen LogP contribution in [-0.4, -0.2) is 18.9 Å². The number of halogens is 2. The first-order valence-corrected chi connectivity index (χ1v) is 10.6. The summed E-state index contributed by atoms with van der Waals surface area (Å²) in [6.07, 6.45) is 0. The predicted octanol–water partition coefficient (Wildman–Crippen LogP) is 6.02. The second-order valence-electron chi connectivity index (χ2n) is 7.39. The smallest absolute Gasteiger partial charge is 0.282 e. The van der Waals surface area contributed by atoms with Crippen LogP contribution in [0.25, 0.3) is 5.57 Å². The molecule has 0 spiro atoms. The summed E-state index contributed by atoms with van der Waals surface area (Å²) in [5.74, 6) is -0.257. The number of carbonyl (C=O) groups is 2. The van der Waals surface area contributed by atoms with E-state index < -0.39 is 11.8 Å². The SMILES string of the molecule is COc1ccc(C2=C(Nc3cccc(Cl)c3C)C(=O)N(c3cc(Cl)ccc3C)C2=O)cc1. The van der Waals surface area contributed by atoms with Crippen LogP contribution >= 0.6 is 23.2 Å². The average Bonchev–Trinajstić information content (AvgIpc) is 3.02. The van der Waals surface area contributed by atoms with Crippen molar-refractivity contribution in [1.29, 1.82) is 0 Å². The number of anilines is 2. The van der Waals surface area contributed by atoms with E-state index in [-0.39, 0.29) is 11.3 Å². The normalized spacial score (nSPS) is 13.7. The van der Waals surface area contributed by atoms with E-state index in [4.69, 9.17) is 27.9 Å². The number of ether oxygens (including phenoxy) is 1. The molecular formula is C25H20Cl2N2O3. The lowest BCUT2D eigenvalue weighted by Crippen LogP contribution is -2.33. The molecule has 2 amide bonds. The lowest BCUT2D eigenvalue weighted by atomic mass is 10.0. The van der Waals surface area contributed by atoms with Crippen molar-refractivity contribution in [2.24, 2.45) is 0 Å². The summed E-state index contributed by atoms with van der Waals surface area (Å²) < 4.78 is 5.23. The predicted molar refractivity (Wildman–Crippen MR) is 128 cm³/mol. The van der Waals surface area contributed by atoms with Crippen molar-refractivity contribution < 1.29 is 14.3 Å². The zero-order valence-corrected chi connectivity index (χ0v) is 19.2. The molecule has 7 heteroatoms. The van der Waals surface area contributed by atoms with Crippen LogP contribution < -0.4 is 15.0 Å². The molecule has 1 heterocycles. The van der Waals surface area contributed by atoms with Crippen molar-refractivity contribution in [1.82, 2.24) is 0 Å². The van der Waals surface area contributed by atoms with Gasteiger partial charge in [0.25, 0.3) is 11.8 Å². The maximum absolute atomic E-state index is 13.6. The Morgan fingerprint density at radius 2 is 1.62 bits per heavy atom. The van der Waals surface area contributed by atoms with Crippen LogP contribution in [0.2, 0.25) is 10.0 Å². The fourth-order valence-corrected chi connectivity index (χ4v) is 3.93. The van der Waals surface area contributed by atoms with E-state index in [9.17, 15) is 9.59 Å². The van der Waals surface area contributed by atoms with Crippen LogP contribution in [-0.2, 0) is 9.59 Å². The van der Waals surface area contributed by atoms with Crippen LogP contribution in [0.3, 0.4) is 0 Å². The van der Waals surface area contributed by atoms with Gasteiger partial charge >= 0.3 is 0 Å². The van der Waals surface area contributed by atoms with Gasteiger partial charge in [0.1, 0.15) is 11.4 Å².